The molecule has 0 heterocycles. The van der Waals surface area contributed by atoms with Crippen LogP contribution in [0.4, 0.5) is 0 Å². The van der Waals surface area contributed by atoms with Gasteiger partial charge in [-0.3, -0.25) is 0 Å². The molecule has 0 amide bonds. The maximum Gasteiger partial charge on any atom is 0.175 e. The second-order valence-corrected chi connectivity index (χ2v) is 7.21. The molecule has 4 nitrogen and oxygen atoms in total. The lowest BCUT2D eigenvalue weighted by Gasteiger charge is -2.18. The molecule has 6 heteroatoms. The van der Waals surface area contributed by atoms with Crippen molar-refractivity contribution in [3.63, 3.8) is 0 Å². The summed E-state index contributed by atoms with van der Waals surface area (Å²) in [6.07, 6.45) is 0.873. The summed E-state index contributed by atoms with van der Waals surface area (Å²) >= 11 is 9.51. The molecule has 0 aromatic heterocycles. The zero-order valence-corrected chi connectivity index (χ0v) is 17.4. The summed E-state index contributed by atoms with van der Waals surface area (Å²) < 4.78 is 12.6. The monoisotopic (exact) mass is 441 g/mol. The van der Waals surface area contributed by atoms with Gasteiger partial charge in [0.1, 0.15) is 6.61 Å². The third-order valence-electron chi connectivity index (χ3n) is 3.97. The summed E-state index contributed by atoms with van der Waals surface area (Å²) in [5.74, 6) is 1.38. The predicted octanol–water partition coefficient (Wildman–Crippen LogP) is 4.94. The summed E-state index contributed by atoms with van der Waals surface area (Å²) in [6, 6.07) is 11.6. The molecule has 0 aliphatic heterocycles. The topological polar surface area (TPSA) is 50.7 Å². The van der Waals surface area contributed by atoms with Crippen LogP contribution in [0.5, 0.6) is 11.5 Å². The van der Waals surface area contributed by atoms with Crippen LogP contribution in [-0.4, -0.2) is 24.4 Å². The van der Waals surface area contributed by atoms with Gasteiger partial charge in [-0.25, -0.2) is 0 Å². The molecular weight excluding hydrogens is 418 g/mol. The molecule has 2 aromatic rings. The first-order chi connectivity index (χ1) is 12.6. The molecule has 0 saturated heterocycles. The third kappa shape index (κ3) is 6.16. The summed E-state index contributed by atoms with van der Waals surface area (Å²) in [6.45, 7) is 5.74. The van der Waals surface area contributed by atoms with Crippen molar-refractivity contribution >= 4 is 27.5 Å². The van der Waals surface area contributed by atoms with Gasteiger partial charge < -0.3 is 19.9 Å². The first-order valence-electron chi connectivity index (χ1n) is 8.74. The van der Waals surface area contributed by atoms with Crippen molar-refractivity contribution in [3.8, 4) is 11.5 Å². The van der Waals surface area contributed by atoms with Crippen LogP contribution in [0.1, 0.15) is 31.4 Å². The smallest absolute Gasteiger partial charge is 0.175 e. The average molecular weight is 443 g/mol. The van der Waals surface area contributed by atoms with Gasteiger partial charge in [-0.2, -0.15) is 0 Å². The molecule has 142 valence electrons. The molecule has 0 saturated carbocycles. The van der Waals surface area contributed by atoms with Crippen LogP contribution < -0.4 is 14.8 Å². The van der Waals surface area contributed by atoms with E-state index in [4.69, 9.17) is 21.1 Å². The minimum absolute atomic E-state index is 0.0881. The first kappa shape index (κ1) is 21.0. The van der Waals surface area contributed by atoms with Crippen molar-refractivity contribution in [1.82, 2.24) is 5.32 Å². The lowest BCUT2D eigenvalue weighted by molar-refractivity contribution is 0.238. The number of hydrogen-bond donors (Lipinski definition) is 2. The molecule has 0 aliphatic rings. The molecular formula is C20H25BrClNO3. The van der Waals surface area contributed by atoms with Crippen molar-refractivity contribution in [2.45, 2.75) is 39.5 Å². The molecule has 2 aromatic carbocycles. The van der Waals surface area contributed by atoms with Crippen molar-refractivity contribution in [2.24, 2.45) is 0 Å². The maximum absolute atomic E-state index is 9.31. The largest absolute Gasteiger partial charge is 0.490 e. The van der Waals surface area contributed by atoms with Crippen molar-refractivity contribution in [3.05, 3.63) is 57.0 Å². The minimum Gasteiger partial charge on any atom is -0.490 e. The SMILES string of the molecule is CCOc1cc(CN[C@@H](CC)CO)cc(Br)c1OCc1ccc(Cl)cc1. The Morgan fingerprint density at radius 3 is 2.46 bits per heavy atom. The van der Waals surface area contributed by atoms with E-state index < -0.39 is 0 Å². The maximum atomic E-state index is 9.31. The molecule has 2 rings (SSSR count). The van der Waals surface area contributed by atoms with Crippen LogP contribution in [0.15, 0.2) is 40.9 Å². The fourth-order valence-electron chi connectivity index (χ4n) is 2.46. The Bertz CT molecular complexity index is 690. The summed E-state index contributed by atoms with van der Waals surface area (Å²) in [7, 11) is 0. The fourth-order valence-corrected chi connectivity index (χ4v) is 3.19. The normalized spacial score (nSPS) is 12.0. The molecule has 26 heavy (non-hydrogen) atoms. The lowest BCUT2D eigenvalue weighted by atomic mass is 10.1. The summed E-state index contributed by atoms with van der Waals surface area (Å²) in [5.41, 5.74) is 2.09. The molecule has 0 aliphatic carbocycles. The second-order valence-electron chi connectivity index (χ2n) is 5.92. The molecule has 0 spiro atoms. The van der Waals surface area contributed by atoms with Crippen LogP contribution >= 0.6 is 27.5 Å². The van der Waals surface area contributed by atoms with Crippen molar-refractivity contribution < 1.29 is 14.6 Å². The number of aliphatic hydroxyl groups excluding tert-OH is 1. The van der Waals surface area contributed by atoms with Crippen molar-refractivity contribution in [2.75, 3.05) is 13.2 Å². The molecule has 2 N–H and O–H groups in total. The quantitative estimate of drug-likeness (QED) is 0.547. The zero-order chi connectivity index (χ0) is 18.9. The highest BCUT2D eigenvalue weighted by Gasteiger charge is 2.13. The fraction of sp³-hybridized carbons (Fsp3) is 0.400. The highest BCUT2D eigenvalue weighted by atomic mass is 79.9. The van der Waals surface area contributed by atoms with Gasteiger partial charge in [0.2, 0.25) is 0 Å². The Morgan fingerprint density at radius 2 is 1.85 bits per heavy atom. The molecule has 0 unspecified atom stereocenters. The Morgan fingerprint density at radius 1 is 1.12 bits per heavy atom. The Labute approximate surface area is 168 Å². The van der Waals surface area contributed by atoms with Gasteiger partial charge in [0, 0.05) is 17.6 Å². The minimum atomic E-state index is 0.0881. The number of halogens is 2. The van der Waals surface area contributed by atoms with Gasteiger partial charge in [0.25, 0.3) is 0 Å². The first-order valence-corrected chi connectivity index (χ1v) is 9.91. The van der Waals surface area contributed by atoms with Gasteiger partial charge in [0.05, 0.1) is 17.7 Å². The van der Waals surface area contributed by atoms with E-state index in [1.807, 2.05) is 50.2 Å². The molecule has 0 bridgehead atoms. The number of nitrogens with one attached hydrogen (secondary N) is 1. The van der Waals surface area contributed by atoms with Gasteiger partial charge in [-0.05, 0) is 64.7 Å². The van der Waals surface area contributed by atoms with E-state index >= 15 is 0 Å². The number of benzene rings is 2. The van der Waals surface area contributed by atoms with Crippen LogP contribution in [0.25, 0.3) is 0 Å². The summed E-state index contributed by atoms with van der Waals surface area (Å²) in [4.78, 5) is 0. The Kier molecular flexibility index (Phi) is 8.72. The van der Waals surface area contributed by atoms with Crippen LogP contribution in [-0.2, 0) is 13.2 Å². The van der Waals surface area contributed by atoms with Gasteiger partial charge in [-0.15, -0.1) is 0 Å². The number of ether oxygens (including phenoxy) is 2. The van der Waals surface area contributed by atoms with E-state index in [-0.39, 0.29) is 12.6 Å². The highest BCUT2D eigenvalue weighted by molar-refractivity contribution is 9.10. The zero-order valence-electron chi connectivity index (χ0n) is 15.1. The van der Waals surface area contributed by atoms with Crippen molar-refractivity contribution in [1.29, 1.82) is 0 Å². The molecule has 0 fully saturated rings. The standard InChI is InChI=1S/C20H25BrClNO3/c1-3-17(12-24)23-11-15-9-18(21)20(19(10-15)25-4-2)26-13-14-5-7-16(22)8-6-14/h5-10,17,23-24H,3-4,11-13H2,1-2H3/t17-/m0/s1. The number of rotatable bonds is 10. The molecule has 0 radical (unpaired) electrons. The predicted molar refractivity (Wildman–Crippen MR) is 109 cm³/mol. The van der Waals surface area contributed by atoms with E-state index in [0.29, 0.717) is 36.3 Å². The van der Waals surface area contributed by atoms with Crippen LogP contribution in [0, 0.1) is 0 Å². The van der Waals surface area contributed by atoms with Gasteiger partial charge >= 0.3 is 0 Å². The van der Waals surface area contributed by atoms with Crippen LogP contribution in [0.3, 0.4) is 0 Å². The van der Waals surface area contributed by atoms with E-state index in [1.54, 1.807) is 0 Å². The summed E-state index contributed by atoms with van der Waals surface area (Å²) in [5, 5.41) is 13.4. The van der Waals surface area contributed by atoms with Gasteiger partial charge in [0.15, 0.2) is 11.5 Å². The van der Waals surface area contributed by atoms with Gasteiger partial charge in [-0.1, -0.05) is 30.7 Å². The number of hydrogen-bond acceptors (Lipinski definition) is 4. The van der Waals surface area contributed by atoms with E-state index in [1.165, 1.54) is 0 Å². The van der Waals surface area contributed by atoms with E-state index in [0.717, 1.165) is 22.0 Å². The Hall–Kier alpha value is -1.27. The Balaban J connectivity index is 2.13. The van der Waals surface area contributed by atoms with E-state index in [9.17, 15) is 5.11 Å². The van der Waals surface area contributed by atoms with Crippen LogP contribution in [0.2, 0.25) is 5.02 Å². The number of aliphatic hydroxyl groups is 1. The molecule has 1 atom stereocenters. The third-order valence-corrected chi connectivity index (χ3v) is 4.81. The average Bonchev–Trinajstić information content (AvgIpc) is 2.63. The highest BCUT2D eigenvalue weighted by Crippen LogP contribution is 2.37. The lowest BCUT2D eigenvalue weighted by Crippen LogP contribution is -2.31. The van der Waals surface area contributed by atoms with E-state index in [2.05, 4.69) is 21.2 Å². The second kappa shape index (κ2) is 10.8.